The molecule has 2 atom stereocenters. The average molecular weight is 769 g/mol. The van der Waals surface area contributed by atoms with Crippen molar-refractivity contribution in [2.24, 2.45) is 0 Å². The third-order valence-electron chi connectivity index (χ3n) is 6.76. The summed E-state index contributed by atoms with van der Waals surface area (Å²) in [5.41, 5.74) is 0. The lowest BCUT2D eigenvalue weighted by Crippen LogP contribution is -2.41. The number of hydrogen-bond acceptors (Lipinski definition) is 13. The molecule has 0 aliphatic rings. The van der Waals surface area contributed by atoms with Gasteiger partial charge in [0.2, 0.25) is 17.7 Å². The molecule has 0 bridgehead atoms. The van der Waals surface area contributed by atoms with Gasteiger partial charge in [-0.15, -0.1) is 0 Å². The number of unbranched alkanes of at least 4 members (excludes halogenated alkanes) is 4. The predicted octanol–water partition coefficient (Wildman–Crippen LogP) is 0.0350. The Hall–Kier alpha value is -3.56. The monoisotopic (exact) mass is 768 g/mol. The lowest BCUT2D eigenvalue weighted by molar-refractivity contribution is -0.142. The number of carbonyl (C=O) groups excluding carboxylic acids is 4. The quantitative estimate of drug-likeness (QED) is 0.0325. The number of carboxylic acids is 2. The maximum atomic E-state index is 12.2. The summed E-state index contributed by atoms with van der Waals surface area (Å²) in [6.07, 6.45) is 3.67. The molecule has 0 aliphatic carbocycles. The highest BCUT2D eigenvalue weighted by atomic mass is 32.2. The molecule has 0 heterocycles. The number of amides is 4. The van der Waals surface area contributed by atoms with Crippen LogP contribution in [0.25, 0.3) is 0 Å². The van der Waals surface area contributed by atoms with Crippen LogP contribution < -0.4 is 21.3 Å². The number of rotatable bonds is 37. The Balaban J connectivity index is 3.68. The Morgan fingerprint density at radius 3 is 1.77 bits per heavy atom. The molecule has 0 rings (SSSR count). The van der Waals surface area contributed by atoms with Crippen LogP contribution in [-0.4, -0.2) is 160 Å². The molecule has 0 spiro atoms. The van der Waals surface area contributed by atoms with Crippen LogP contribution in [0.1, 0.15) is 57.8 Å². The number of carboxylic acid groups (broad SMARTS) is 3. The van der Waals surface area contributed by atoms with Crippen molar-refractivity contribution in [3.05, 3.63) is 0 Å². The Morgan fingerprint density at radius 2 is 1.15 bits per heavy atom. The number of aliphatic carboxylic acids is 2. The topological polar surface area (TPSA) is 274 Å². The van der Waals surface area contributed by atoms with Gasteiger partial charge in [0, 0.05) is 38.3 Å². The van der Waals surface area contributed by atoms with Crippen molar-refractivity contribution >= 4 is 53.8 Å². The van der Waals surface area contributed by atoms with E-state index in [1.165, 1.54) is 11.8 Å². The van der Waals surface area contributed by atoms with Crippen LogP contribution in [0.2, 0.25) is 0 Å². The van der Waals surface area contributed by atoms with Gasteiger partial charge in [-0.25, -0.2) is 14.4 Å². The van der Waals surface area contributed by atoms with E-state index in [0.29, 0.717) is 77.7 Å². The fourth-order valence-electron chi connectivity index (χ4n) is 4.11. The smallest absolute Gasteiger partial charge is 0.405 e. The summed E-state index contributed by atoms with van der Waals surface area (Å²) < 4.78 is 26.4. The summed E-state index contributed by atoms with van der Waals surface area (Å²) >= 11 is 1.35. The minimum atomic E-state index is -1.38. The van der Waals surface area contributed by atoms with Crippen LogP contribution in [0.5, 0.6) is 0 Å². The number of hydrogen-bond donors (Lipinski definition) is 7. The van der Waals surface area contributed by atoms with E-state index in [2.05, 4.69) is 16.0 Å². The first-order chi connectivity index (χ1) is 25.1. The van der Waals surface area contributed by atoms with Crippen LogP contribution in [0.15, 0.2) is 0 Å². The van der Waals surface area contributed by atoms with Crippen LogP contribution >= 0.6 is 11.8 Å². The highest BCUT2D eigenvalue weighted by Crippen LogP contribution is 2.11. The van der Waals surface area contributed by atoms with Crippen molar-refractivity contribution in [3.8, 4) is 0 Å². The molecule has 20 heteroatoms. The van der Waals surface area contributed by atoms with Crippen LogP contribution in [0.4, 0.5) is 4.79 Å². The second-order valence-corrected chi connectivity index (χ2v) is 12.3. The van der Waals surface area contributed by atoms with Crippen LogP contribution in [0.3, 0.4) is 0 Å². The van der Waals surface area contributed by atoms with Gasteiger partial charge in [-0.3, -0.25) is 14.4 Å². The molecule has 52 heavy (non-hydrogen) atoms. The first kappa shape index (κ1) is 48.4. The highest BCUT2D eigenvalue weighted by molar-refractivity contribution is 7.99. The lowest BCUT2D eigenvalue weighted by atomic mass is 10.1. The standard InChI is InChI=1S/C32H56N4O15S/c37-12-15-51-23-29(40)33-10-6-13-47-16-18-49-20-21-50-19-17-48-14-11-34-27(38)9-8-25(30(41)42)35-28(39)7-4-2-1-3-5-22-52-24-26(31(43)44)36-32(45)46/h12,25-26,36H,1-11,13-24H2,(H,33,40)(H,34,38)(H,35,39)(H,41,42)(H,43,44)(H,45,46). The zero-order valence-corrected chi connectivity index (χ0v) is 30.5. The molecule has 0 radical (unpaired) electrons. The summed E-state index contributed by atoms with van der Waals surface area (Å²) in [7, 11) is 0. The molecule has 0 aliphatic heterocycles. The molecule has 300 valence electrons. The van der Waals surface area contributed by atoms with Gasteiger partial charge >= 0.3 is 18.0 Å². The number of nitrogens with one attached hydrogen (secondary N) is 4. The zero-order valence-electron chi connectivity index (χ0n) is 29.6. The minimum Gasteiger partial charge on any atom is -0.480 e. The third kappa shape index (κ3) is 32.4. The first-order valence-electron chi connectivity index (χ1n) is 17.2. The summed E-state index contributed by atoms with van der Waals surface area (Å²) in [5, 5.41) is 36.8. The molecule has 7 N–H and O–H groups in total. The second kappa shape index (κ2) is 34.5. The van der Waals surface area contributed by atoms with Crippen molar-refractivity contribution in [1.82, 2.24) is 21.3 Å². The molecule has 4 amide bonds. The lowest BCUT2D eigenvalue weighted by Gasteiger charge is -2.14. The number of ether oxygens (including phenoxy) is 5. The molecule has 2 unspecified atom stereocenters. The van der Waals surface area contributed by atoms with Gasteiger partial charge < -0.3 is 65.1 Å². The fourth-order valence-corrected chi connectivity index (χ4v) is 5.15. The molecule has 0 aromatic rings. The van der Waals surface area contributed by atoms with Gasteiger partial charge in [0.15, 0.2) is 0 Å². The van der Waals surface area contributed by atoms with Crippen molar-refractivity contribution in [2.45, 2.75) is 69.9 Å². The average Bonchev–Trinajstić information content (AvgIpc) is 3.09. The van der Waals surface area contributed by atoms with Crippen molar-refractivity contribution in [2.75, 3.05) is 90.7 Å². The Kier molecular flexibility index (Phi) is 32.2. The maximum absolute atomic E-state index is 12.2. The third-order valence-corrected chi connectivity index (χ3v) is 7.90. The largest absolute Gasteiger partial charge is 0.480 e. The van der Waals surface area contributed by atoms with E-state index in [0.717, 1.165) is 25.7 Å². The number of thioether (sulfide) groups is 1. The van der Waals surface area contributed by atoms with Gasteiger partial charge in [-0.05, 0) is 31.4 Å². The first-order valence-corrected chi connectivity index (χ1v) is 18.4. The van der Waals surface area contributed by atoms with Gasteiger partial charge in [0.05, 0.1) is 46.2 Å². The normalized spacial score (nSPS) is 12.0. The molecular weight excluding hydrogens is 712 g/mol. The van der Waals surface area contributed by atoms with Crippen molar-refractivity contribution < 1.29 is 72.6 Å². The van der Waals surface area contributed by atoms with Crippen LogP contribution in [-0.2, 0) is 52.5 Å². The fraction of sp³-hybridized carbons (Fsp3) is 0.781. The molecule has 0 aromatic heterocycles. The second-order valence-electron chi connectivity index (χ2n) is 11.1. The Labute approximate surface area is 307 Å². The van der Waals surface area contributed by atoms with E-state index in [-0.39, 0.29) is 63.2 Å². The Bertz CT molecular complexity index is 1020. The maximum Gasteiger partial charge on any atom is 0.405 e. The van der Waals surface area contributed by atoms with E-state index < -0.39 is 36.0 Å². The SMILES string of the molecule is O=CCOCC(=O)NCCCOCCOCCOCCOCCNC(=O)CCC(NC(=O)CCCCCCCSCC(NC(=O)O)C(=O)O)C(=O)O. The van der Waals surface area contributed by atoms with Gasteiger partial charge in [-0.1, -0.05) is 19.3 Å². The molecule has 0 saturated carbocycles. The summed E-state index contributed by atoms with van der Waals surface area (Å²) in [5.74, 6) is -2.69. The van der Waals surface area contributed by atoms with E-state index in [1.807, 2.05) is 5.32 Å². The highest BCUT2D eigenvalue weighted by Gasteiger charge is 2.21. The van der Waals surface area contributed by atoms with E-state index in [1.54, 1.807) is 0 Å². The van der Waals surface area contributed by atoms with Crippen LogP contribution in [0, 0.1) is 0 Å². The molecule has 0 fully saturated rings. The Morgan fingerprint density at radius 1 is 0.577 bits per heavy atom. The minimum absolute atomic E-state index is 0.0565. The van der Waals surface area contributed by atoms with E-state index in [4.69, 9.17) is 33.9 Å². The molecule has 0 aromatic carbocycles. The zero-order chi connectivity index (χ0) is 38.7. The van der Waals surface area contributed by atoms with Gasteiger partial charge in [-0.2, -0.15) is 11.8 Å². The molecule has 0 saturated heterocycles. The molecular formula is C32H56N4O15S. The number of carbonyl (C=O) groups is 7. The van der Waals surface area contributed by atoms with E-state index in [9.17, 15) is 38.7 Å². The predicted molar refractivity (Wildman–Crippen MR) is 187 cm³/mol. The number of aldehydes is 1. The summed E-state index contributed by atoms with van der Waals surface area (Å²) in [4.78, 5) is 79.0. The molecule has 19 nitrogen and oxygen atoms in total. The summed E-state index contributed by atoms with van der Waals surface area (Å²) in [6.45, 7) is 3.32. The van der Waals surface area contributed by atoms with Gasteiger partial charge in [0.1, 0.15) is 31.6 Å². The summed E-state index contributed by atoms with van der Waals surface area (Å²) in [6, 6.07) is -2.34. The van der Waals surface area contributed by atoms with Crippen molar-refractivity contribution in [3.63, 3.8) is 0 Å². The van der Waals surface area contributed by atoms with Gasteiger partial charge in [0.25, 0.3) is 0 Å². The van der Waals surface area contributed by atoms with E-state index >= 15 is 0 Å². The van der Waals surface area contributed by atoms with Crippen molar-refractivity contribution in [1.29, 1.82) is 0 Å².